The molecule has 0 saturated carbocycles. The molecule has 6 nitrogen and oxygen atoms in total. The molecule has 180 valence electrons. The Morgan fingerprint density at radius 1 is 1.11 bits per heavy atom. The first-order chi connectivity index (χ1) is 17.0. The Labute approximate surface area is 208 Å². The van der Waals surface area contributed by atoms with E-state index in [1.165, 1.54) is 22.8 Å². The molecule has 1 aromatic heterocycles. The first-order valence-corrected chi connectivity index (χ1v) is 12.6. The summed E-state index contributed by atoms with van der Waals surface area (Å²) in [7, 11) is 0. The summed E-state index contributed by atoms with van der Waals surface area (Å²) >= 11 is 4.79. The number of imide groups is 1. The fourth-order valence-corrected chi connectivity index (χ4v) is 6.10. The van der Waals surface area contributed by atoms with E-state index >= 15 is 0 Å². The van der Waals surface area contributed by atoms with Gasteiger partial charge in [0.2, 0.25) is 11.8 Å². The van der Waals surface area contributed by atoms with Gasteiger partial charge in [-0.05, 0) is 53.3 Å². The maximum absolute atomic E-state index is 13.5. The van der Waals surface area contributed by atoms with Crippen molar-refractivity contribution in [3.05, 3.63) is 76.7 Å². The smallest absolute Gasteiger partial charge is 0.243 e. The minimum Gasteiger partial charge on any atom is -0.360 e. The van der Waals surface area contributed by atoms with Crippen molar-refractivity contribution in [2.75, 3.05) is 13.1 Å². The van der Waals surface area contributed by atoms with Crippen LogP contribution in [0.5, 0.6) is 0 Å². The third-order valence-corrected chi connectivity index (χ3v) is 8.03. The number of carbonyl (C=O) groups excluding carboxylic acids is 2. The Hall–Kier alpha value is -2.94. The van der Waals surface area contributed by atoms with E-state index in [-0.39, 0.29) is 29.0 Å². The van der Waals surface area contributed by atoms with Crippen molar-refractivity contribution < 1.29 is 14.0 Å². The Morgan fingerprint density at radius 3 is 2.80 bits per heavy atom. The normalized spacial score (nSPS) is 23.4. The zero-order valence-corrected chi connectivity index (χ0v) is 20.2. The van der Waals surface area contributed by atoms with E-state index in [1.54, 1.807) is 6.07 Å². The summed E-state index contributed by atoms with van der Waals surface area (Å²) in [5.41, 5.74) is 6.87. The van der Waals surface area contributed by atoms with Crippen molar-refractivity contribution in [3.8, 4) is 0 Å². The number of fused-ring (bicyclic) bond motifs is 2. The van der Waals surface area contributed by atoms with E-state index in [4.69, 9.17) is 12.6 Å². The fraction of sp³-hybridized carbons (Fsp3) is 0.333. The van der Waals surface area contributed by atoms with E-state index in [1.807, 2.05) is 12.3 Å². The predicted molar refractivity (Wildman–Crippen MR) is 136 cm³/mol. The molecule has 4 heterocycles. The molecular formula is C27H27FN4O2S. The molecule has 0 aliphatic carbocycles. The van der Waals surface area contributed by atoms with Crippen molar-refractivity contribution in [2.45, 2.75) is 43.8 Å². The molecule has 2 N–H and O–H groups in total. The molecule has 1 fully saturated rings. The summed E-state index contributed by atoms with van der Waals surface area (Å²) in [6, 6.07) is 11.1. The number of halogens is 1. The van der Waals surface area contributed by atoms with Gasteiger partial charge in [-0.15, -0.1) is 0 Å². The highest BCUT2D eigenvalue weighted by atomic mass is 32.1. The number of rotatable bonds is 4. The van der Waals surface area contributed by atoms with Crippen LogP contribution in [0.3, 0.4) is 0 Å². The minimum absolute atomic E-state index is 0.145. The highest BCUT2D eigenvalue weighted by Crippen LogP contribution is 2.40. The lowest BCUT2D eigenvalue weighted by atomic mass is 9.98. The highest BCUT2D eigenvalue weighted by molar-refractivity contribution is 7.80. The van der Waals surface area contributed by atoms with Crippen LogP contribution in [0.2, 0.25) is 0 Å². The number of nitrogens with zero attached hydrogens (tertiary/aromatic N) is 2. The number of nitrogens with one attached hydrogen (secondary N) is 2. The molecule has 6 rings (SSSR count). The molecule has 0 spiro atoms. The van der Waals surface area contributed by atoms with E-state index in [2.05, 4.69) is 44.4 Å². The number of aromatic nitrogens is 1. The zero-order valence-electron chi connectivity index (χ0n) is 19.3. The maximum atomic E-state index is 13.5. The third-order valence-electron chi connectivity index (χ3n) is 7.45. The number of piperidine rings is 1. The van der Waals surface area contributed by atoms with Gasteiger partial charge in [0.1, 0.15) is 5.82 Å². The lowest BCUT2D eigenvalue weighted by Crippen LogP contribution is -2.51. The second-order valence-corrected chi connectivity index (χ2v) is 10.1. The molecule has 8 heteroatoms. The molecule has 2 atom stereocenters. The lowest BCUT2D eigenvalue weighted by molar-refractivity contribution is -0.137. The van der Waals surface area contributed by atoms with Gasteiger partial charge in [0.15, 0.2) is 0 Å². The van der Waals surface area contributed by atoms with Crippen molar-refractivity contribution in [3.63, 3.8) is 0 Å². The number of carbonyl (C=O) groups is 2. The van der Waals surface area contributed by atoms with Crippen LogP contribution in [-0.4, -0.2) is 45.7 Å². The molecule has 2 unspecified atom stereocenters. The first kappa shape index (κ1) is 22.5. The average molecular weight is 491 g/mol. The van der Waals surface area contributed by atoms with Gasteiger partial charge >= 0.3 is 0 Å². The molecule has 3 aromatic rings. The van der Waals surface area contributed by atoms with Crippen LogP contribution in [0.4, 0.5) is 4.39 Å². The topological polar surface area (TPSA) is 68.4 Å². The standard InChI is InChI=1S/C27H27FN4O2S/c28-19-2-4-21-22(13-29-23(21)12-19)17-7-9-31(10-8-17)14-16-1-3-20-18(11-16)15-32(27(20)35)24-5-6-25(33)30-26(24)34/h1-4,7,11-13,24,27,29,35H,5-6,8-10,14-15H2,(H,30,33,34). The SMILES string of the molecule is O=C1CCC(N2Cc3cc(CN4CC=C(c5c[nH]c6cc(F)ccc56)CC4)ccc3C2S)C(=O)N1. The maximum Gasteiger partial charge on any atom is 0.243 e. The van der Waals surface area contributed by atoms with E-state index in [0.717, 1.165) is 48.1 Å². The Bertz CT molecular complexity index is 1370. The second kappa shape index (κ2) is 8.93. The summed E-state index contributed by atoms with van der Waals surface area (Å²) in [5, 5.41) is 3.38. The molecule has 2 amide bonds. The molecule has 1 saturated heterocycles. The van der Waals surface area contributed by atoms with Crippen LogP contribution in [0.1, 0.15) is 46.9 Å². The van der Waals surface area contributed by atoms with Gasteiger partial charge in [-0.1, -0.05) is 24.3 Å². The van der Waals surface area contributed by atoms with Gasteiger partial charge in [0, 0.05) is 55.3 Å². The zero-order chi connectivity index (χ0) is 24.1. The number of benzene rings is 2. The van der Waals surface area contributed by atoms with Crippen LogP contribution in [-0.2, 0) is 22.7 Å². The number of thiol groups is 1. The summed E-state index contributed by atoms with van der Waals surface area (Å²) in [6.07, 6.45) is 6.11. The fourth-order valence-electron chi connectivity index (χ4n) is 5.61. The number of H-pyrrole nitrogens is 1. The molecule has 3 aliphatic rings. The summed E-state index contributed by atoms with van der Waals surface area (Å²) in [5.74, 6) is -0.642. The summed E-state index contributed by atoms with van der Waals surface area (Å²) in [4.78, 5) is 31.6. The molecule has 3 aliphatic heterocycles. The van der Waals surface area contributed by atoms with Crippen molar-refractivity contribution in [2.24, 2.45) is 0 Å². The number of hydrogen-bond donors (Lipinski definition) is 3. The molecular weight excluding hydrogens is 463 g/mol. The van der Waals surface area contributed by atoms with Gasteiger partial charge < -0.3 is 4.98 Å². The van der Waals surface area contributed by atoms with E-state index < -0.39 is 0 Å². The largest absolute Gasteiger partial charge is 0.360 e. The van der Waals surface area contributed by atoms with Crippen molar-refractivity contribution in [1.82, 2.24) is 20.1 Å². The monoisotopic (exact) mass is 490 g/mol. The summed E-state index contributed by atoms with van der Waals surface area (Å²) < 4.78 is 13.5. The molecule has 35 heavy (non-hydrogen) atoms. The van der Waals surface area contributed by atoms with Gasteiger partial charge in [-0.25, -0.2) is 4.39 Å². The minimum atomic E-state index is -0.322. The summed E-state index contributed by atoms with van der Waals surface area (Å²) in [6.45, 7) is 3.33. The Kier molecular flexibility index (Phi) is 5.75. The molecule has 2 aromatic carbocycles. The van der Waals surface area contributed by atoms with Crippen LogP contribution in [0.15, 0.2) is 48.7 Å². The van der Waals surface area contributed by atoms with Crippen molar-refractivity contribution >= 4 is 40.9 Å². The Morgan fingerprint density at radius 2 is 2.00 bits per heavy atom. The van der Waals surface area contributed by atoms with Gasteiger partial charge in [0.05, 0.1) is 11.4 Å². The van der Waals surface area contributed by atoms with Gasteiger partial charge in [-0.3, -0.25) is 24.7 Å². The number of aromatic amines is 1. The highest BCUT2D eigenvalue weighted by Gasteiger charge is 2.39. The Balaban J connectivity index is 1.13. The van der Waals surface area contributed by atoms with Gasteiger partial charge in [0.25, 0.3) is 0 Å². The molecule has 0 bridgehead atoms. The van der Waals surface area contributed by atoms with Gasteiger partial charge in [-0.2, -0.15) is 12.6 Å². The molecule has 0 radical (unpaired) electrons. The van der Waals surface area contributed by atoms with Crippen molar-refractivity contribution in [1.29, 1.82) is 0 Å². The second-order valence-electron chi connectivity index (χ2n) is 9.65. The van der Waals surface area contributed by atoms with Crippen LogP contribution < -0.4 is 5.32 Å². The first-order valence-electron chi connectivity index (χ1n) is 12.0. The van der Waals surface area contributed by atoms with Crippen LogP contribution in [0.25, 0.3) is 16.5 Å². The van der Waals surface area contributed by atoms with E-state index in [0.29, 0.717) is 19.4 Å². The number of hydrogen-bond acceptors (Lipinski definition) is 5. The van der Waals surface area contributed by atoms with Crippen LogP contribution >= 0.6 is 12.6 Å². The number of amides is 2. The van der Waals surface area contributed by atoms with E-state index in [9.17, 15) is 14.0 Å². The predicted octanol–water partition coefficient (Wildman–Crippen LogP) is 4.15. The lowest BCUT2D eigenvalue weighted by Gasteiger charge is -2.32. The average Bonchev–Trinajstić information content (AvgIpc) is 3.40. The quantitative estimate of drug-likeness (QED) is 0.380. The van der Waals surface area contributed by atoms with Crippen LogP contribution in [0, 0.1) is 5.82 Å². The third kappa shape index (κ3) is 4.20.